The van der Waals surface area contributed by atoms with Crippen molar-refractivity contribution in [2.24, 2.45) is 0 Å². The lowest BCUT2D eigenvalue weighted by Crippen LogP contribution is -2.43. The Morgan fingerprint density at radius 2 is 2.00 bits per heavy atom. The molecule has 180 valence electrons. The van der Waals surface area contributed by atoms with E-state index in [1.54, 1.807) is 18.2 Å². The van der Waals surface area contributed by atoms with Crippen LogP contribution in [0.4, 0.5) is 22.0 Å². The number of nitrogens with one attached hydrogen (secondary N) is 2. The second-order valence-corrected chi connectivity index (χ2v) is 8.15. The van der Waals surface area contributed by atoms with E-state index >= 15 is 0 Å². The summed E-state index contributed by atoms with van der Waals surface area (Å²) in [6.45, 7) is -1.41. The minimum Gasteiger partial charge on any atom is -0.436 e. The predicted octanol–water partition coefficient (Wildman–Crippen LogP) is 2.34. The van der Waals surface area contributed by atoms with Gasteiger partial charge in [0, 0.05) is 0 Å². The topological polar surface area (TPSA) is 112 Å². The second kappa shape index (κ2) is 10.1. The highest BCUT2D eigenvalue weighted by molar-refractivity contribution is 7.45. The number of hydrogen-bond donors (Lipinski definition) is 2. The molecule has 9 nitrogen and oxygen atoms in total. The van der Waals surface area contributed by atoms with Crippen LogP contribution in [0.1, 0.15) is 12.6 Å². The Balaban J connectivity index is 1.84. The zero-order chi connectivity index (χ0) is 24.2. The third-order valence-corrected chi connectivity index (χ3v) is 5.66. The molecule has 0 bridgehead atoms. The number of aldehydes is 1. The summed E-state index contributed by atoms with van der Waals surface area (Å²) in [5.74, 6) is -5.40. The highest BCUT2D eigenvalue weighted by Crippen LogP contribution is 2.51. The molecule has 2 heterocycles. The van der Waals surface area contributed by atoms with E-state index in [0.717, 1.165) is 0 Å². The van der Waals surface area contributed by atoms with Gasteiger partial charge in [-0.2, -0.15) is 4.39 Å². The summed E-state index contributed by atoms with van der Waals surface area (Å²) >= 11 is 0. The number of halogens is 5. The smallest absolute Gasteiger partial charge is 0.330 e. The zero-order valence-corrected chi connectivity index (χ0v) is 17.4. The highest BCUT2D eigenvalue weighted by atomic mass is 31.2. The van der Waals surface area contributed by atoms with Gasteiger partial charge in [0.1, 0.15) is 12.0 Å². The van der Waals surface area contributed by atoms with E-state index in [0.29, 0.717) is 6.29 Å². The van der Waals surface area contributed by atoms with E-state index in [4.69, 9.17) is 13.8 Å². The molecule has 1 saturated heterocycles. The van der Waals surface area contributed by atoms with Crippen molar-refractivity contribution >= 4 is 14.8 Å². The van der Waals surface area contributed by atoms with E-state index in [1.807, 2.05) is 0 Å². The molecule has 15 heteroatoms. The fourth-order valence-corrected chi connectivity index (χ4v) is 4.05. The molecule has 3 atom stereocenters. The van der Waals surface area contributed by atoms with Gasteiger partial charge in [0.05, 0.1) is 25.8 Å². The number of H-pyrrole nitrogens is 1. The third-order valence-electron chi connectivity index (χ3n) is 4.48. The molecule has 0 amide bonds. The predicted molar refractivity (Wildman–Crippen MR) is 104 cm³/mol. The monoisotopic (exact) mass is 497 g/mol. The van der Waals surface area contributed by atoms with Crippen molar-refractivity contribution in [2.75, 3.05) is 13.2 Å². The minimum absolute atomic E-state index is 0.00517. The van der Waals surface area contributed by atoms with Gasteiger partial charge < -0.3 is 18.6 Å². The van der Waals surface area contributed by atoms with Gasteiger partial charge in [0.25, 0.3) is 17.9 Å². The largest absolute Gasteiger partial charge is 0.436 e. The number of rotatable bonds is 10. The number of carbonyl (C=O) groups is 1. The molecule has 1 aliphatic rings. The third kappa shape index (κ3) is 5.64. The Labute approximate surface area is 183 Å². The van der Waals surface area contributed by atoms with E-state index in [2.05, 4.69) is 5.09 Å². The number of alkyl halides is 4. The number of carbonyl (C=O) groups excluding carboxylic acids is 1. The number of para-hydroxylation sites is 1. The number of hydrogen-bond acceptors (Lipinski definition) is 7. The van der Waals surface area contributed by atoms with Gasteiger partial charge in [0.2, 0.25) is 12.0 Å². The summed E-state index contributed by atoms with van der Waals surface area (Å²) in [7, 11) is -2.25. The molecular formula is C18H17F5N3O6P. The number of ether oxygens (including phenoxy) is 1. The maximum absolute atomic E-state index is 14.7. The first-order chi connectivity index (χ1) is 15.6. The lowest BCUT2D eigenvalue weighted by molar-refractivity contribution is -0.181. The maximum Gasteiger partial charge on any atom is 0.330 e. The maximum atomic E-state index is 14.7. The van der Waals surface area contributed by atoms with Gasteiger partial charge in [-0.25, -0.2) is 27.4 Å². The molecule has 0 saturated carbocycles. The van der Waals surface area contributed by atoms with Gasteiger partial charge in [-0.3, -0.25) is 14.3 Å². The van der Waals surface area contributed by atoms with Gasteiger partial charge in [-0.15, -0.1) is 0 Å². The van der Waals surface area contributed by atoms with Crippen LogP contribution in [0.25, 0.3) is 0 Å². The summed E-state index contributed by atoms with van der Waals surface area (Å²) in [5, 5.41) is 2.50. The van der Waals surface area contributed by atoms with Crippen molar-refractivity contribution in [2.45, 2.75) is 30.6 Å². The van der Waals surface area contributed by atoms with Crippen molar-refractivity contribution in [1.29, 1.82) is 0 Å². The molecule has 3 unspecified atom stereocenters. The standard InChI is InChI=1S/C18H17F5N3O6P/c19-12-8-26(16(29)25-13(12)28)15-18(22,23)9-17(31-15,14(20)21)10-30-33(24-6-7-27)32-11-4-2-1-3-5-11/h1-5,7-8,14-15,24H,6,9-10H2,(H,25,28,29). The number of aromatic nitrogens is 2. The van der Waals surface area contributed by atoms with Crippen LogP contribution in [0.3, 0.4) is 0 Å². The Kier molecular flexibility index (Phi) is 7.62. The summed E-state index contributed by atoms with van der Waals surface area (Å²) in [4.78, 5) is 35.2. The highest BCUT2D eigenvalue weighted by Gasteiger charge is 2.63. The van der Waals surface area contributed by atoms with Crippen LogP contribution in [0.2, 0.25) is 0 Å². The minimum atomic E-state index is -4.06. The van der Waals surface area contributed by atoms with Crippen molar-refractivity contribution in [3.05, 3.63) is 63.2 Å². The van der Waals surface area contributed by atoms with Crippen molar-refractivity contribution in [3.63, 3.8) is 0 Å². The van der Waals surface area contributed by atoms with Crippen LogP contribution in [0.5, 0.6) is 5.75 Å². The molecule has 0 aliphatic carbocycles. The van der Waals surface area contributed by atoms with Crippen molar-refractivity contribution in [3.8, 4) is 5.75 Å². The van der Waals surface area contributed by atoms with E-state index < -0.39 is 62.8 Å². The van der Waals surface area contributed by atoms with Crippen LogP contribution >= 0.6 is 8.53 Å². The van der Waals surface area contributed by atoms with E-state index in [9.17, 15) is 36.3 Å². The molecule has 3 rings (SSSR count). The van der Waals surface area contributed by atoms with Crippen LogP contribution in [-0.4, -0.2) is 46.9 Å². The molecule has 1 aromatic heterocycles. The van der Waals surface area contributed by atoms with Gasteiger partial charge in [0.15, 0.2) is 5.60 Å². The number of aromatic amines is 1. The molecule has 1 fully saturated rings. The Morgan fingerprint density at radius 3 is 2.64 bits per heavy atom. The molecule has 1 aliphatic heterocycles. The molecule has 0 spiro atoms. The van der Waals surface area contributed by atoms with Gasteiger partial charge in [-0.05, 0) is 12.1 Å². The van der Waals surface area contributed by atoms with Crippen LogP contribution in [-0.2, 0) is 14.1 Å². The average Bonchev–Trinajstić information content (AvgIpc) is 3.05. The molecule has 33 heavy (non-hydrogen) atoms. The van der Waals surface area contributed by atoms with Crippen LogP contribution in [0, 0.1) is 5.82 Å². The Bertz CT molecular complexity index is 1090. The summed E-state index contributed by atoms with van der Waals surface area (Å²) in [5.41, 5.74) is -5.85. The fourth-order valence-electron chi connectivity index (χ4n) is 2.97. The van der Waals surface area contributed by atoms with Crippen LogP contribution in [0.15, 0.2) is 46.1 Å². The molecule has 2 aromatic rings. The normalized spacial score (nSPS) is 22.9. The molecule has 0 radical (unpaired) electrons. The SMILES string of the molecule is O=CCNP(OCC1(C(F)F)CC(F)(F)C(n2cc(F)c(=O)[nH]c2=O)O1)Oc1ccccc1. The number of nitrogens with zero attached hydrogens (tertiary/aromatic N) is 1. The van der Waals surface area contributed by atoms with E-state index in [1.165, 1.54) is 17.1 Å². The molecule has 2 N–H and O–H groups in total. The average molecular weight is 497 g/mol. The van der Waals surface area contributed by atoms with Crippen molar-refractivity contribution in [1.82, 2.24) is 14.6 Å². The fraction of sp³-hybridized carbons (Fsp3) is 0.389. The lowest BCUT2D eigenvalue weighted by Gasteiger charge is -2.29. The second-order valence-electron chi connectivity index (χ2n) is 6.88. The van der Waals surface area contributed by atoms with Gasteiger partial charge >= 0.3 is 14.2 Å². The van der Waals surface area contributed by atoms with E-state index in [-0.39, 0.29) is 23.1 Å². The first-order valence-electron chi connectivity index (χ1n) is 9.26. The van der Waals surface area contributed by atoms with Gasteiger partial charge in [-0.1, -0.05) is 18.2 Å². The first-order valence-corrected chi connectivity index (χ1v) is 10.4. The summed E-state index contributed by atoms with van der Waals surface area (Å²) in [6.07, 6.45) is -7.14. The number of benzene rings is 1. The van der Waals surface area contributed by atoms with Crippen LogP contribution < -0.4 is 20.9 Å². The Morgan fingerprint density at radius 1 is 1.30 bits per heavy atom. The van der Waals surface area contributed by atoms with Crippen molar-refractivity contribution < 1.29 is 40.5 Å². The first kappa shape index (κ1) is 25.0. The zero-order valence-electron chi connectivity index (χ0n) is 16.6. The summed E-state index contributed by atoms with van der Waals surface area (Å²) in [6, 6.07) is 7.91. The molecular weight excluding hydrogens is 480 g/mol. The Hall–Kier alpha value is -2.67. The molecule has 1 aromatic carbocycles. The quantitative estimate of drug-likeness (QED) is 0.295. The summed E-state index contributed by atoms with van der Waals surface area (Å²) < 4.78 is 86.4. The lowest BCUT2D eigenvalue weighted by atomic mass is 10.00.